The minimum Gasteiger partial charge on any atom is -0.390 e. The van der Waals surface area contributed by atoms with E-state index in [1.807, 2.05) is 4.90 Å². The van der Waals surface area contributed by atoms with Crippen LogP contribution >= 0.6 is 23.5 Å². The van der Waals surface area contributed by atoms with Gasteiger partial charge in [-0.2, -0.15) is 45.8 Å². The van der Waals surface area contributed by atoms with Gasteiger partial charge in [0.25, 0.3) is 20.2 Å². The van der Waals surface area contributed by atoms with Crippen molar-refractivity contribution in [1.82, 2.24) is 14.9 Å². The fourth-order valence-corrected chi connectivity index (χ4v) is 9.96. The molecule has 10 N–H and O–H groups in total. The van der Waals surface area contributed by atoms with Crippen LogP contribution in [0.25, 0.3) is 0 Å². The van der Waals surface area contributed by atoms with Crippen molar-refractivity contribution < 1.29 is 87.0 Å². The molecule has 2 heterocycles. The van der Waals surface area contributed by atoms with E-state index in [1.54, 1.807) is 31.3 Å². The van der Waals surface area contributed by atoms with Gasteiger partial charge in [0.2, 0.25) is 5.91 Å². The summed E-state index contributed by atoms with van der Waals surface area (Å²) < 4.78 is 118. The summed E-state index contributed by atoms with van der Waals surface area (Å²) in [6.07, 6.45) is -2.74. The number of aromatic nitrogens is 2. The van der Waals surface area contributed by atoms with Crippen LogP contribution in [0, 0.1) is 11.8 Å². The number of rotatable bonds is 20. The summed E-state index contributed by atoms with van der Waals surface area (Å²) in [7, 11) is -24.4. The lowest BCUT2D eigenvalue weighted by molar-refractivity contribution is -0.120. The van der Waals surface area contributed by atoms with Gasteiger partial charge >= 0.3 is 29.2 Å². The quantitative estimate of drug-likeness (QED) is 0.0264. The fourth-order valence-electron chi connectivity index (χ4n) is 5.81. The molecule has 34 heteroatoms. The number of nitrogens with zero attached hydrogens (tertiary/aromatic N) is 7. The van der Waals surface area contributed by atoms with Crippen LogP contribution in [0.15, 0.2) is 108 Å². The number of azo groups is 2. The number of hydrogen-bond donors (Lipinski definition) is 9. The molecule has 0 bridgehead atoms. The standard InChI is InChI=1S/C35H40N9O20P3S2/c1-43(26-11-6-23(7-12-26)40-42-28-15-10-25(18-31(28)69(58,59)60)41-39-24-8-13-27(14-9-24)68(55,56)57)17-3-5-32(46)37-16-2-4-22-20-44(35(47)38-34(22)36)33-19-29(45)30(62-33)21-61-66(51,52)64-67(53,54)63-65(48,49)50/h6-15,18,20,29-30,33,45H,3,5,16-17,19,21H2,1H3,(H,37,46)(H,51,52)(H,53,54)(H2,36,38,47)(H2,48,49,50)(H,55,56,57)(H,58,59,60)/t29-,30+,33+/m0/s1. The van der Waals surface area contributed by atoms with Gasteiger partial charge in [-0.15, -0.1) is 5.11 Å². The van der Waals surface area contributed by atoms with Crippen molar-refractivity contribution in [3.05, 3.63) is 89.0 Å². The van der Waals surface area contributed by atoms with Gasteiger partial charge in [-0.3, -0.25) is 23.0 Å². The molecule has 1 aliphatic heterocycles. The summed E-state index contributed by atoms with van der Waals surface area (Å²) in [5.41, 5.74) is 6.00. The molecule has 0 radical (unpaired) electrons. The zero-order valence-corrected chi connectivity index (χ0v) is 39.5. The Morgan fingerprint density at radius 1 is 0.913 bits per heavy atom. The predicted molar refractivity (Wildman–Crippen MR) is 237 cm³/mol. The number of carbonyl (C=O) groups is 1. The van der Waals surface area contributed by atoms with Gasteiger partial charge in [0.1, 0.15) is 28.7 Å². The maximum Gasteiger partial charge on any atom is 0.490 e. The van der Waals surface area contributed by atoms with Crippen molar-refractivity contribution in [1.29, 1.82) is 0 Å². The maximum absolute atomic E-state index is 12.6. The molecule has 0 saturated carbocycles. The first kappa shape index (κ1) is 54.5. The highest BCUT2D eigenvalue weighted by molar-refractivity contribution is 7.86. The summed E-state index contributed by atoms with van der Waals surface area (Å²) in [6, 6.07) is 14.9. The molecule has 5 atom stereocenters. The second-order valence-corrected chi connectivity index (χ2v) is 21.4. The minimum atomic E-state index is -5.79. The topological polar surface area (TPSA) is 441 Å². The van der Waals surface area contributed by atoms with Crippen LogP contribution in [-0.2, 0) is 56.6 Å². The third kappa shape index (κ3) is 16.9. The zero-order valence-electron chi connectivity index (χ0n) is 35.2. The molecule has 1 amide bonds. The van der Waals surface area contributed by atoms with Crippen molar-refractivity contribution in [2.45, 2.75) is 47.5 Å². The highest BCUT2D eigenvalue weighted by Gasteiger charge is 2.43. The average molecular weight is 1060 g/mol. The first-order valence-corrected chi connectivity index (χ1v) is 26.6. The van der Waals surface area contributed by atoms with Crippen molar-refractivity contribution in [3.63, 3.8) is 0 Å². The molecular weight excluding hydrogens is 1020 g/mol. The summed E-state index contributed by atoms with van der Waals surface area (Å²) >= 11 is 0. The third-order valence-corrected chi connectivity index (χ3v) is 14.6. The number of nitrogens with two attached hydrogens (primary N) is 1. The van der Waals surface area contributed by atoms with E-state index in [0.717, 1.165) is 34.7 Å². The zero-order chi connectivity index (χ0) is 51.0. The molecule has 3 aromatic carbocycles. The van der Waals surface area contributed by atoms with Crippen molar-refractivity contribution >= 4 is 83.9 Å². The summed E-state index contributed by atoms with van der Waals surface area (Å²) in [5.74, 6) is 4.73. The number of anilines is 2. The average Bonchev–Trinajstić information content (AvgIpc) is 3.61. The van der Waals surface area contributed by atoms with Gasteiger partial charge in [-0.05, 0) is 73.2 Å². The first-order chi connectivity index (χ1) is 32.1. The number of nitrogens with one attached hydrogen (secondary N) is 1. The lowest BCUT2D eigenvalue weighted by Gasteiger charge is -2.19. The molecule has 372 valence electrons. The second kappa shape index (κ2) is 22.5. The number of aliphatic hydroxyl groups excluding tert-OH is 1. The van der Waals surface area contributed by atoms with Crippen LogP contribution in [-0.4, -0.2) is 105 Å². The number of amides is 1. The minimum absolute atomic E-state index is 0.00646. The summed E-state index contributed by atoms with van der Waals surface area (Å²) in [4.78, 5) is 66.0. The van der Waals surface area contributed by atoms with Gasteiger partial charge in [0.15, 0.2) is 0 Å². The van der Waals surface area contributed by atoms with E-state index >= 15 is 0 Å². The Hall–Kier alpha value is -5.48. The van der Waals surface area contributed by atoms with E-state index in [1.165, 1.54) is 24.3 Å². The number of hydrogen-bond acceptors (Lipinski definition) is 21. The van der Waals surface area contributed by atoms with E-state index in [4.69, 9.17) is 24.8 Å². The van der Waals surface area contributed by atoms with Crippen LogP contribution in [0.4, 0.5) is 34.3 Å². The van der Waals surface area contributed by atoms with E-state index in [0.29, 0.717) is 18.7 Å². The van der Waals surface area contributed by atoms with Crippen LogP contribution in [0.5, 0.6) is 0 Å². The number of carbonyl (C=O) groups excluding carboxylic acids is 1. The van der Waals surface area contributed by atoms with Crippen LogP contribution < -0.4 is 21.6 Å². The monoisotopic (exact) mass is 1060 g/mol. The normalized spacial score (nSPS) is 18.3. The number of aliphatic hydroxyl groups is 1. The van der Waals surface area contributed by atoms with Crippen LogP contribution in [0.2, 0.25) is 0 Å². The maximum atomic E-state index is 12.6. The van der Waals surface area contributed by atoms with Crippen LogP contribution in [0.1, 0.15) is 31.1 Å². The molecule has 2 unspecified atom stereocenters. The van der Waals surface area contributed by atoms with E-state index in [9.17, 15) is 59.6 Å². The van der Waals surface area contributed by atoms with Crippen LogP contribution in [0.3, 0.4) is 0 Å². The Labute approximate surface area is 390 Å². The van der Waals surface area contributed by atoms with Gasteiger partial charge in [0, 0.05) is 38.3 Å². The van der Waals surface area contributed by atoms with Crippen molar-refractivity contribution in [2.24, 2.45) is 20.5 Å². The Morgan fingerprint density at radius 3 is 2.14 bits per heavy atom. The Bertz CT molecular complexity index is 3110. The SMILES string of the molecule is CN(CCCC(=O)NCC#Cc1cn([C@H]2C[C@H](O)[C@@H](COP(=O)(O)OP(=O)(O)OP(=O)(O)O)O2)c(=O)nc1N)c1ccc(N=Nc2ccc(N=Nc3ccc(S(=O)(=O)O)cc3)cc2S(=O)(=O)O)cc1. The molecule has 4 aromatic rings. The molecule has 1 aromatic heterocycles. The number of phosphoric acid groups is 3. The van der Waals surface area contributed by atoms with E-state index in [2.05, 4.69) is 55.7 Å². The van der Waals surface area contributed by atoms with Gasteiger partial charge in [-0.25, -0.2) is 18.5 Å². The lowest BCUT2D eigenvalue weighted by atomic mass is 10.2. The molecule has 1 fully saturated rings. The molecule has 0 aliphatic carbocycles. The smallest absolute Gasteiger partial charge is 0.390 e. The van der Waals surface area contributed by atoms with Gasteiger partial charge < -0.3 is 45.4 Å². The number of ether oxygens (including phenoxy) is 1. The lowest BCUT2D eigenvalue weighted by Crippen LogP contribution is -2.29. The number of nitrogen functional groups attached to an aromatic ring is 1. The molecule has 69 heavy (non-hydrogen) atoms. The summed E-state index contributed by atoms with van der Waals surface area (Å²) in [6.45, 7) is -0.665. The second-order valence-electron chi connectivity index (χ2n) is 14.2. The molecule has 5 rings (SSSR count). The largest absolute Gasteiger partial charge is 0.490 e. The highest BCUT2D eigenvalue weighted by Crippen LogP contribution is 2.66. The summed E-state index contributed by atoms with van der Waals surface area (Å²) in [5, 5.41) is 28.8. The molecule has 1 saturated heterocycles. The van der Waals surface area contributed by atoms with E-state index < -0.39 is 79.3 Å². The fraction of sp³-hybridized carbons (Fsp3) is 0.286. The molecular formula is C35H40N9O20P3S2. The molecule has 1 aliphatic rings. The van der Waals surface area contributed by atoms with Crippen molar-refractivity contribution in [3.8, 4) is 11.8 Å². The number of benzene rings is 3. The molecule has 0 spiro atoms. The van der Waals surface area contributed by atoms with E-state index in [-0.39, 0.29) is 58.6 Å². The highest BCUT2D eigenvalue weighted by atomic mass is 32.2. The van der Waals surface area contributed by atoms with Gasteiger partial charge in [-0.1, -0.05) is 11.8 Å². The predicted octanol–water partition coefficient (Wildman–Crippen LogP) is 3.53. The van der Waals surface area contributed by atoms with Crippen molar-refractivity contribution in [2.75, 3.05) is 37.4 Å². The number of phosphoric ester groups is 1. The van der Waals surface area contributed by atoms with Gasteiger partial charge in [0.05, 0.1) is 46.8 Å². The Balaban J connectivity index is 1.08. The third-order valence-electron chi connectivity index (χ3n) is 9.01. The molecule has 29 nitrogen and oxygen atoms in total. The Morgan fingerprint density at radius 2 is 1.52 bits per heavy atom. The first-order valence-electron chi connectivity index (χ1n) is 19.2. The Kier molecular flexibility index (Phi) is 17.8.